The van der Waals surface area contributed by atoms with Crippen LogP contribution in [0.3, 0.4) is 0 Å². The van der Waals surface area contributed by atoms with Gasteiger partial charge in [-0.1, -0.05) is 18.2 Å². The molecule has 3 rings (SSSR count). The molecule has 0 spiro atoms. The summed E-state index contributed by atoms with van der Waals surface area (Å²) < 4.78 is 41.3. The summed E-state index contributed by atoms with van der Waals surface area (Å²) in [6.45, 7) is 0. The van der Waals surface area contributed by atoms with Crippen molar-refractivity contribution in [2.75, 3.05) is 5.32 Å². The molecule has 124 valence electrons. The molecule has 2 heterocycles. The number of alkyl halides is 3. The lowest BCUT2D eigenvalue weighted by atomic mass is 10.2. The summed E-state index contributed by atoms with van der Waals surface area (Å²) in [5, 5.41) is 3.87. The summed E-state index contributed by atoms with van der Waals surface area (Å²) in [5.41, 5.74) is 0.0963. The molecule has 0 saturated heterocycles. The van der Waals surface area contributed by atoms with Crippen molar-refractivity contribution in [3.63, 3.8) is 0 Å². The number of hydrogen-bond donors (Lipinski definition) is 1. The van der Waals surface area contributed by atoms with Crippen molar-refractivity contribution < 1.29 is 18.0 Å². The fourth-order valence-corrected chi connectivity index (χ4v) is 2.82. The zero-order valence-corrected chi connectivity index (χ0v) is 13.3. The Kier molecular flexibility index (Phi) is 4.15. The number of thiophene rings is 1. The molecule has 0 aliphatic heterocycles. The summed E-state index contributed by atoms with van der Waals surface area (Å²) >= 11 is 1.09. The standard InChI is InChI=1S/C16H12F3N3OS/c1-22-11-6-3-2-5-10(11)20-15(22)21-14(16(17,18)19)9-12(23)13-7-4-8-24-13/h2-9H,1H3,(H,20,21)/b14-9+. The van der Waals surface area contributed by atoms with E-state index in [1.165, 1.54) is 10.6 Å². The smallest absolute Gasteiger partial charge is 0.321 e. The van der Waals surface area contributed by atoms with Gasteiger partial charge < -0.3 is 9.88 Å². The molecule has 1 aromatic carbocycles. The topological polar surface area (TPSA) is 46.9 Å². The number of fused-ring (bicyclic) bond motifs is 1. The molecule has 3 aromatic rings. The first kappa shape index (κ1) is 16.3. The first-order valence-corrected chi connectivity index (χ1v) is 7.79. The summed E-state index contributed by atoms with van der Waals surface area (Å²) in [6, 6.07) is 10.1. The summed E-state index contributed by atoms with van der Waals surface area (Å²) in [5.74, 6) is -0.692. The second-order valence-electron chi connectivity index (χ2n) is 5.01. The van der Waals surface area contributed by atoms with Gasteiger partial charge in [0, 0.05) is 13.1 Å². The normalized spacial score (nSPS) is 12.6. The number of nitrogens with zero attached hydrogens (tertiary/aromatic N) is 2. The number of allylic oxidation sites excluding steroid dienone is 2. The molecule has 8 heteroatoms. The highest BCUT2D eigenvalue weighted by Gasteiger charge is 2.35. The van der Waals surface area contributed by atoms with E-state index in [2.05, 4.69) is 10.3 Å². The van der Waals surface area contributed by atoms with Gasteiger partial charge in [0.1, 0.15) is 5.70 Å². The lowest BCUT2D eigenvalue weighted by Gasteiger charge is -2.13. The van der Waals surface area contributed by atoms with Crippen molar-refractivity contribution in [2.24, 2.45) is 7.05 Å². The molecule has 0 amide bonds. The van der Waals surface area contributed by atoms with E-state index in [1.807, 2.05) is 0 Å². The number of nitrogens with one attached hydrogen (secondary N) is 1. The molecule has 0 atom stereocenters. The molecular weight excluding hydrogens is 339 g/mol. The van der Waals surface area contributed by atoms with E-state index in [1.54, 1.807) is 42.8 Å². The average Bonchev–Trinajstić information content (AvgIpc) is 3.15. The minimum atomic E-state index is -4.70. The van der Waals surface area contributed by atoms with Crippen LogP contribution >= 0.6 is 11.3 Å². The number of ketones is 1. The maximum absolute atomic E-state index is 13.3. The van der Waals surface area contributed by atoms with Crippen molar-refractivity contribution in [3.8, 4) is 0 Å². The molecule has 0 saturated carbocycles. The lowest BCUT2D eigenvalue weighted by Crippen LogP contribution is -2.22. The number of carbonyl (C=O) groups is 1. The number of hydrogen-bond acceptors (Lipinski definition) is 4. The quantitative estimate of drug-likeness (QED) is 0.561. The van der Waals surface area contributed by atoms with Crippen LogP contribution in [0.25, 0.3) is 11.0 Å². The van der Waals surface area contributed by atoms with Gasteiger partial charge in [-0.15, -0.1) is 11.3 Å². The van der Waals surface area contributed by atoms with E-state index in [9.17, 15) is 18.0 Å². The van der Waals surface area contributed by atoms with Crippen molar-refractivity contribution in [3.05, 3.63) is 58.4 Å². The average molecular weight is 351 g/mol. The number of anilines is 1. The number of aryl methyl sites for hydroxylation is 1. The zero-order valence-electron chi connectivity index (χ0n) is 12.5. The lowest BCUT2D eigenvalue weighted by molar-refractivity contribution is -0.0904. The number of carbonyl (C=O) groups excluding carboxylic acids is 1. The number of halogens is 3. The molecule has 0 fully saturated rings. The third-order valence-corrected chi connectivity index (χ3v) is 4.26. The van der Waals surface area contributed by atoms with Gasteiger partial charge in [0.25, 0.3) is 0 Å². The molecule has 0 aliphatic rings. The Morgan fingerprint density at radius 3 is 2.62 bits per heavy atom. The van der Waals surface area contributed by atoms with E-state index < -0.39 is 17.7 Å². The highest BCUT2D eigenvalue weighted by molar-refractivity contribution is 7.12. The maximum Gasteiger partial charge on any atom is 0.431 e. The number of para-hydroxylation sites is 2. The summed E-state index contributed by atoms with van der Waals surface area (Å²) in [7, 11) is 1.60. The molecule has 2 aromatic heterocycles. The Balaban J connectivity index is 1.98. The molecule has 0 radical (unpaired) electrons. The Labute approximate surface area is 139 Å². The molecule has 4 nitrogen and oxygen atoms in total. The number of aromatic nitrogens is 2. The van der Waals surface area contributed by atoms with Crippen LogP contribution in [-0.4, -0.2) is 21.5 Å². The third kappa shape index (κ3) is 3.18. The molecule has 24 heavy (non-hydrogen) atoms. The molecule has 1 N–H and O–H groups in total. The molecule has 0 aliphatic carbocycles. The highest BCUT2D eigenvalue weighted by atomic mass is 32.1. The van der Waals surface area contributed by atoms with Crippen molar-refractivity contribution in [2.45, 2.75) is 6.18 Å². The van der Waals surface area contributed by atoms with Crippen molar-refractivity contribution in [1.82, 2.24) is 9.55 Å². The van der Waals surface area contributed by atoms with Gasteiger partial charge in [0.15, 0.2) is 5.78 Å². The van der Waals surface area contributed by atoms with E-state index in [0.29, 0.717) is 17.1 Å². The Morgan fingerprint density at radius 2 is 2.00 bits per heavy atom. The Hall–Kier alpha value is -2.61. The van der Waals surface area contributed by atoms with Gasteiger partial charge in [-0.3, -0.25) is 4.79 Å². The Morgan fingerprint density at radius 1 is 1.25 bits per heavy atom. The third-order valence-electron chi connectivity index (χ3n) is 3.38. The van der Waals surface area contributed by atoms with Crippen LogP contribution in [0.2, 0.25) is 0 Å². The minimum absolute atomic E-state index is 0.0127. The van der Waals surface area contributed by atoms with Crippen LogP contribution in [0.5, 0.6) is 0 Å². The first-order chi connectivity index (χ1) is 11.4. The number of imidazole rings is 1. The largest absolute Gasteiger partial charge is 0.431 e. The van der Waals surface area contributed by atoms with Gasteiger partial charge >= 0.3 is 6.18 Å². The predicted octanol–water partition coefficient (Wildman–Crippen LogP) is 4.38. The summed E-state index contributed by atoms with van der Waals surface area (Å²) in [4.78, 5) is 16.4. The fraction of sp³-hybridized carbons (Fsp3) is 0.125. The monoisotopic (exact) mass is 351 g/mol. The predicted molar refractivity (Wildman–Crippen MR) is 87.1 cm³/mol. The first-order valence-electron chi connectivity index (χ1n) is 6.91. The zero-order chi connectivity index (χ0) is 17.3. The van der Waals surface area contributed by atoms with Gasteiger partial charge in [0.05, 0.1) is 15.9 Å². The summed E-state index contributed by atoms with van der Waals surface area (Å²) in [6.07, 6.45) is -4.14. The van der Waals surface area contributed by atoms with Gasteiger partial charge in [-0.25, -0.2) is 4.98 Å². The van der Waals surface area contributed by atoms with Gasteiger partial charge in [-0.2, -0.15) is 13.2 Å². The van der Waals surface area contributed by atoms with E-state index in [4.69, 9.17) is 0 Å². The van der Waals surface area contributed by atoms with Crippen LogP contribution in [0.1, 0.15) is 9.67 Å². The number of rotatable bonds is 4. The number of benzene rings is 1. The minimum Gasteiger partial charge on any atom is -0.321 e. The second-order valence-corrected chi connectivity index (χ2v) is 5.95. The molecular formula is C16H12F3N3OS. The maximum atomic E-state index is 13.3. The van der Waals surface area contributed by atoms with Crippen LogP contribution in [0.4, 0.5) is 19.1 Å². The van der Waals surface area contributed by atoms with E-state index >= 15 is 0 Å². The molecule has 0 unspecified atom stereocenters. The van der Waals surface area contributed by atoms with E-state index in [-0.39, 0.29) is 10.8 Å². The SMILES string of the molecule is Cn1c(N/C(=C/C(=O)c2cccs2)C(F)(F)F)nc2ccccc21. The van der Waals surface area contributed by atoms with Crippen molar-refractivity contribution >= 4 is 34.1 Å². The Bertz CT molecular complexity index is 910. The van der Waals surface area contributed by atoms with Crippen LogP contribution in [-0.2, 0) is 7.05 Å². The second kappa shape index (κ2) is 6.12. The fourth-order valence-electron chi connectivity index (χ4n) is 2.19. The van der Waals surface area contributed by atoms with Crippen molar-refractivity contribution in [1.29, 1.82) is 0 Å². The van der Waals surface area contributed by atoms with Crippen LogP contribution in [0.15, 0.2) is 53.6 Å². The molecule has 0 bridgehead atoms. The van der Waals surface area contributed by atoms with E-state index in [0.717, 1.165) is 11.3 Å². The van der Waals surface area contributed by atoms with Gasteiger partial charge in [-0.05, 0) is 23.6 Å². The van der Waals surface area contributed by atoms with Gasteiger partial charge in [0.2, 0.25) is 5.95 Å². The van der Waals surface area contributed by atoms with Crippen LogP contribution < -0.4 is 5.32 Å². The highest BCUT2D eigenvalue weighted by Crippen LogP contribution is 2.28. The van der Waals surface area contributed by atoms with Crippen LogP contribution in [0, 0.1) is 0 Å².